The third-order valence-corrected chi connectivity index (χ3v) is 3.55. The minimum Gasteiger partial charge on any atom is -0.338 e. The summed E-state index contributed by atoms with van der Waals surface area (Å²) in [6.45, 7) is 7.64. The van der Waals surface area contributed by atoms with E-state index < -0.39 is 0 Å². The van der Waals surface area contributed by atoms with Crippen molar-refractivity contribution in [3.8, 4) is 0 Å². The van der Waals surface area contributed by atoms with Crippen LogP contribution in [-0.4, -0.2) is 27.4 Å². The number of piperidine rings is 1. The zero-order valence-electron chi connectivity index (χ0n) is 10.2. The van der Waals surface area contributed by atoms with Crippen molar-refractivity contribution in [3.63, 3.8) is 0 Å². The van der Waals surface area contributed by atoms with Gasteiger partial charge in [-0.3, -0.25) is 4.57 Å². The minimum atomic E-state index is 0.357. The fourth-order valence-electron chi connectivity index (χ4n) is 2.36. The number of aromatic nitrogens is 3. The molecule has 1 aromatic rings. The van der Waals surface area contributed by atoms with Crippen molar-refractivity contribution in [1.29, 1.82) is 0 Å². The average molecular weight is 240 g/mol. The Kier molecular flexibility index (Phi) is 3.33. The summed E-state index contributed by atoms with van der Waals surface area (Å²) >= 11 is 5.28. The average Bonchev–Trinajstić information content (AvgIpc) is 2.61. The lowest BCUT2D eigenvalue weighted by Gasteiger charge is -2.34. The third-order valence-electron chi connectivity index (χ3n) is 3.26. The lowest BCUT2D eigenvalue weighted by atomic mass is 10.0. The predicted octanol–water partition coefficient (Wildman–Crippen LogP) is 2.90. The van der Waals surface area contributed by atoms with Crippen LogP contribution >= 0.6 is 12.2 Å². The van der Waals surface area contributed by atoms with Gasteiger partial charge in [0.15, 0.2) is 4.77 Å². The molecule has 0 saturated carbocycles. The largest absolute Gasteiger partial charge is 0.338 e. The van der Waals surface area contributed by atoms with Crippen LogP contribution in [0.3, 0.4) is 0 Å². The Labute approximate surface area is 102 Å². The maximum absolute atomic E-state index is 5.28. The topological polar surface area (TPSA) is 36.9 Å². The molecule has 0 aliphatic carbocycles. The van der Waals surface area contributed by atoms with E-state index in [0.717, 1.165) is 17.3 Å². The maximum Gasteiger partial charge on any atom is 0.226 e. The Hall–Kier alpha value is -0.840. The van der Waals surface area contributed by atoms with Crippen LogP contribution in [0, 0.1) is 4.77 Å². The Balaban J connectivity index is 2.35. The molecule has 2 rings (SSSR count). The summed E-state index contributed by atoms with van der Waals surface area (Å²) in [6, 6.07) is 0.923. The molecule has 1 unspecified atom stereocenters. The van der Waals surface area contributed by atoms with Crippen molar-refractivity contribution in [1.82, 2.24) is 14.8 Å². The predicted molar refractivity (Wildman–Crippen MR) is 68.5 cm³/mol. The van der Waals surface area contributed by atoms with Crippen molar-refractivity contribution in [2.75, 3.05) is 11.4 Å². The lowest BCUT2D eigenvalue weighted by Crippen LogP contribution is -2.39. The first kappa shape index (κ1) is 11.6. The third kappa shape index (κ3) is 2.00. The molecule has 0 aromatic carbocycles. The normalized spacial score (nSPS) is 21.8. The van der Waals surface area contributed by atoms with Crippen molar-refractivity contribution < 1.29 is 0 Å². The number of nitrogens with zero attached hydrogens (tertiary/aromatic N) is 3. The Morgan fingerprint density at radius 1 is 1.44 bits per heavy atom. The van der Waals surface area contributed by atoms with Crippen LogP contribution < -0.4 is 4.90 Å². The van der Waals surface area contributed by atoms with Gasteiger partial charge in [-0.05, 0) is 52.3 Å². The summed E-state index contributed by atoms with van der Waals surface area (Å²) in [4.78, 5) is 2.37. The van der Waals surface area contributed by atoms with E-state index >= 15 is 0 Å². The van der Waals surface area contributed by atoms with Crippen LogP contribution in [0.25, 0.3) is 0 Å². The van der Waals surface area contributed by atoms with Crippen molar-refractivity contribution in [2.45, 2.75) is 52.1 Å². The summed E-state index contributed by atoms with van der Waals surface area (Å²) in [7, 11) is 0. The molecule has 1 atom stereocenters. The molecule has 0 bridgehead atoms. The highest BCUT2D eigenvalue weighted by Gasteiger charge is 2.23. The molecular formula is C11H20N4S. The fraction of sp³-hybridized carbons (Fsp3) is 0.818. The van der Waals surface area contributed by atoms with Gasteiger partial charge in [0.1, 0.15) is 0 Å². The second-order valence-electron chi connectivity index (χ2n) is 4.83. The van der Waals surface area contributed by atoms with Crippen LogP contribution in [-0.2, 0) is 0 Å². The van der Waals surface area contributed by atoms with E-state index in [4.69, 9.17) is 12.2 Å². The van der Waals surface area contributed by atoms with E-state index in [1.807, 2.05) is 0 Å². The van der Waals surface area contributed by atoms with Crippen LogP contribution in [0.5, 0.6) is 0 Å². The van der Waals surface area contributed by atoms with Crippen LogP contribution in [0.4, 0.5) is 5.95 Å². The van der Waals surface area contributed by atoms with Gasteiger partial charge in [0, 0.05) is 18.6 Å². The molecule has 1 saturated heterocycles. The Morgan fingerprint density at radius 3 is 2.81 bits per heavy atom. The van der Waals surface area contributed by atoms with E-state index in [0.29, 0.717) is 12.1 Å². The van der Waals surface area contributed by atoms with Gasteiger partial charge in [-0.15, -0.1) is 5.10 Å². The van der Waals surface area contributed by atoms with E-state index in [1.165, 1.54) is 19.3 Å². The standard InChI is InChI=1S/C11H20N4S/c1-8(2)15-10(12-13-11(15)16)14-7-5-4-6-9(14)3/h8-9H,4-7H2,1-3H3,(H,13,16). The first-order valence-electron chi connectivity index (χ1n) is 6.05. The van der Waals surface area contributed by atoms with E-state index in [1.54, 1.807) is 0 Å². The quantitative estimate of drug-likeness (QED) is 0.808. The monoisotopic (exact) mass is 240 g/mol. The van der Waals surface area contributed by atoms with Gasteiger partial charge in [0.25, 0.3) is 0 Å². The first-order valence-corrected chi connectivity index (χ1v) is 6.45. The van der Waals surface area contributed by atoms with Gasteiger partial charge in [0.2, 0.25) is 5.95 Å². The molecule has 1 aliphatic heterocycles. The molecule has 16 heavy (non-hydrogen) atoms. The van der Waals surface area contributed by atoms with Crippen molar-refractivity contribution >= 4 is 18.2 Å². The molecule has 1 aromatic heterocycles. The number of hydrogen-bond donors (Lipinski definition) is 1. The van der Waals surface area contributed by atoms with Gasteiger partial charge in [-0.2, -0.15) is 0 Å². The van der Waals surface area contributed by atoms with Gasteiger partial charge >= 0.3 is 0 Å². The molecule has 1 N–H and O–H groups in total. The molecule has 4 nitrogen and oxygen atoms in total. The number of aromatic amines is 1. The molecule has 1 aliphatic rings. The number of hydrogen-bond acceptors (Lipinski definition) is 3. The molecule has 2 heterocycles. The van der Waals surface area contributed by atoms with Crippen molar-refractivity contribution in [2.24, 2.45) is 0 Å². The Morgan fingerprint density at radius 2 is 2.19 bits per heavy atom. The van der Waals surface area contributed by atoms with Crippen LogP contribution in [0.1, 0.15) is 46.1 Å². The SMILES string of the molecule is CC1CCCCN1c1n[nH]c(=S)n1C(C)C. The van der Waals surface area contributed by atoms with E-state index in [-0.39, 0.29) is 0 Å². The first-order chi connectivity index (χ1) is 7.61. The van der Waals surface area contributed by atoms with Crippen LogP contribution in [0.15, 0.2) is 0 Å². The molecule has 0 spiro atoms. The molecule has 0 amide bonds. The highest BCUT2D eigenvalue weighted by atomic mass is 32.1. The summed E-state index contributed by atoms with van der Waals surface area (Å²) < 4.78 is 2.83. The summed E-state index contributed by atoms with van der Waals surface area (Å²) in [5.41, 5.74) is 0. The van der Waals surface area contributed by atoms with Crippen LogP contribution in [0.2, 0.25) is 0 Å². The smallest absolute Gasteiger partial charge is 0.226 e. The number of anilines is 1. The Bertz CT molecular complexity index is 406. The summed E-state index contributed by atoms with van der Waals surface area (Å²) in [6.07, 6.45) is 3.82. The molecule has 5 heteroatoms. The maximum atomic E-state index is 5.28. The second kappa shape index (κ2) is 4.57. The highest BCUT2D eigenvalue weighted by Crippen LogP contribution is 2.25. The zero-order valence-corrected chi connectivity index (χ0v) is 11.0. The molecule has 90 valence electrons. The second-order valence-corrected chi connectivity index (χ2v) is 5.22. The lowest BCUT2D eigenvalue weighted by molar-refractivity contribution is 0.461. The number of nitrogens with one attached hydrogen (secondary N) is 1. The van der Waals surface area contributed by atoms with E-state index in [9.17, 15) is 0 Å². The molecule has 1 fully saturated rings. The summed E-state index contributed by atoms with van der Waals surface area (Å²) in [5, 5.41) is 7.29. The van der Waals surface area contributed by atoms with Crippen molar-refractivity contribution in [3.05, 3.63) is 4.77 Å². The van der Waals surface area contributed by atoms with Gasteiger partial charge in [-0.1, -0.05) is 0 Å². The fourth-order valence-corrected chi connectivity index (χ4v) is 2.70. The van der Waals surface area contributed by atoms with E-state index in [2.05, 4.69) is 40.4 Å². The molecular weight excluding hydrogens is 220 g/mol. The van der Waals surface area contributed by atoms with Gasteiger partial charge in [0.05, 0.1) is 0 Å². The number of rotatable bonds is 2. The summed E-state index contributed by atoms with van der Waals surface area (Å²) in [5.74, 6) is 1.01. The highest BCUT2D eigenvalue weighted by molar-refractivity contribution is 7.71. The van der Waals surface area contributed by atoms with Gasteiger partial charge < -0.3 is 4.90 Å². The van der Waals surface area contributed by atoms with Gasteiger partial charge in [-0.25, -0.2) is 5.10 Å². The number of H-pyrrole nitrogens is 1. The minimum absolute atomic E-state index is 0.357. The molecule has 0 radical (unpaired) electrons. The zero-order chi connectivity index (χ0) is 11.7.